The summed E-state index contributed by atoms with van der Waals surface area (Å²) in [7, 11) is 0. The molecule has 2 rings (SSSR count). The van der Waals surface area contributed by atoms with Crippen molar-refractivity contribution in [1.82, 2.24) is 0 Å². The Balaban J connectivity index is 2.15. The molecule has 0 spiro atoms. The van der Waals surface area contributed by atoms with E-state index in [1.807, 2.05) is 30.3 Å². The van der Waals surface area contributed by atoms with Gasteiger partial charge in [0.15, 0.2) is 0 Å². The van der Waals surface area contributed by atoms with Crippen molar-refractivity contribution >= 4 is 23.2 Å². The minimum absolute atomic E-state index is 0.347. The molecule has 0 amide bonds. The van der Waals surface area contributed by atoms with Crippen molar-refractivity contribution in [3.8, 4) is 5.75 Å². The van der Waals surface area contributed by atoms with E-state index in [4.69, 9.17) is 33.7 Å². The molecule has 0 aliphatic heterocycles. The minimum atomic E-state index is 0.347. The summed E-state index contributed by atoms with van der Waals surface area (Å²) in [5, 5.41) is 1.23. The van der Waals surface area contributed by atoms with Crippen LogP contribution in [0.4, 0.5) is 0 Å². The second-order valence-electron chi connectivity index (χ2n) is 4.14. The molecule has 4 heteroatoms. The fourth-order valence-electron chi connectivity index (χ4n) is 1.83. The highest BCUT2D eigenvalue weighted by molar-refractivity contribution is 6.35. The van der Waals surface area contributed by atoms with Gasteiger partial charge in [-0.1, -0.05) is 47.5 Å². The highest BCUT2D eigenvalue weighted by Crippen LogP contribution is 2.27. The Morgan fingerprint density at radius 1 is 0.947 bits per heavy atom. The summed E-state index contributed by atoms with van der Waals surface area (Å²) in [6, 6.07) is 13.3. The summed E-state index contributed by atoms with van der Waals surface area (Å²) in [4.78, 5) is 0. The Bertz CT molecular complexity index is 537. The molecule has 0 unspecified atom stereocenters. The van der Waals surface area contributed by atoms with Crippen molar-refractivity contribution in [3.63, 3.8) is 0 Å². The van der Waals surface area contributed by atoms with Crippen LogP contribution in [0.1, 0.15) is 11.1 Å². The molecule has 0 aromatic heterocycles. The number of rotatable bonds is 5. The molecule has 0 atom stereocenters. The Hall–Kier alpha value is -1.22. The van der Waals surface area contributed by atoms with Crippen LogP contribution in [0.15, 0.2) is 42.5 Å². The molecule has 0 aliphatic carbocycles. The van der Waals surface area contributed by atoms with Crippen LogP contribution in [0.25, 0.3) is 0 Å². The average molecular weight is 296 g/mol. The molecule has 2 nitrogen and oxygen atoms in total. The Kier molecular flexibility index (Phi) is 5.08. The third-order valence-electron chi connectivity index (χ3n) is 2.82. The van der Waals surface area contributed by atoms with E-state index in [0.29, 0.717) is 23.2 Å². The number of para-hydroxylation sites is 1. The Morgan fingerprint density at radius 3 is 2.32 bits per heavy atom. The van der Waals surface area contributed by atoms with E-state index in [9.17, 15) is 0 Å². The molecule has 0 fully saturated rings. The number of hydrogen-bond acceptors (Lipinski definition) is 2. The van der Waals surface area contributed by atoms with Gasteiger partial charge in [0.05, 0.1) is 0 Å². The Labute approximate surface area is 123 Å². The molecule has 2 N–H and O–H groups in total. The van der Waals surface area contributed by atoms with Crippen molar-refractivity contribution < 1.29 is 4.74 Å². The van der Waals surface area contributed by atoms with Crippen molar-refractivity contribution in [1.29, 1.82) is 0 Å². The van der Waals surface area contributed by atoms with Gasteiger partial charge in [0.25, 0.3) is 0 Å². The summed E-state index contributed by atoms with van der Waals surface area (Å²) in [5.74, 6) is 0.823. The first-order valence-electron chi connectivity index (χ1n) is 6.06. The van der Waals surface area contributed by atoms with Gasteiger partial charge in [-0.2, -0.15) is 0 Å². The predicted molar refractivity (Wildman–Crippen MR) is 80.0 cm³/mol. The van der Waals surface area contributed by atoms with E-state index in [2.05, 4.69) is 0 Å². The monoisotopic (exact) mass is 295 g/mol. The van der Waals surface area contributed by atoms with E-state index >= 15 is 0 Å². The first kappa shape index (κ1) is 14.2. The van der Waals surface area contributed by atoms with Crippen molar-refractivity contribution in [2.45, 2.75) is 13.0 Å². The number of benzene rings is 2. The van der Waals surface area contributed by atoms with Gasteiger partial charge < -0.3 is 10.5 Å². The van der Waals surface area contributed by atoms with Crippen LogP contribution < -0.4 is 10.5 Å². The molecule has 19 heavy (non-hydrogen) atoms. The second-order valence-corrected chi connectivity index (χ2v) is 4.95. The largest absolute Gasteiger partial charge is 0.489 e. The second kappa shape index (κ2) is 6.80. The maximum absolute atomic E-state index is 6.11. The van der Waals surface area contributed by atoms with Crippen molar-refractivity contribution in [3.05, 3.63) is 63.6 Å². The highest BCUT2D eigenvalue weighted by atomic mass is 35.5. The molecule has 0 aliphatic rings. The number of hydrogen-bond donors (Lipinski definition) is 1. The van der Waals surface area contributed by atoms with Gasteiger partial charge in [-0.3, -0.25) is 0 Å². The third kappa shape index (κ3) is 3.63. The zero-order chi connectivity index (χ0) is 13.7. The molecule has 0 radical (unpaired) electrons. The molecular weight excluding hydrogens is 281 g/mol. The molecule has 2 aromatic rings. The number of halogens is 2. The first-order chi connectivity index (χ1) is 9.22. The molecule has 0 bridgehead atoms. The summed E-state index contributed by atoms with van der Waals surface area (Å²) in [6.07, 6.45) is 0.784. The van der Waals surface area contributed by atoms with Gasteiger partial charge >= 0.3 is 0 Å². The predicted octanol–water partition coefficient (Wildman–Crippen LogP) is 4.07. The van der Waals surface area contributed by atoms with Gasteiger partial charge in [-0.15, -0.1) is 0 Å². The lowest BCUT2D eigenvalue weighted by Gasteiger charge is -2.12. The standard InChI is InChI=1S/C15H15Cl2NO/c16-13-5-3-6-14(17)12(13)10-19-15-7-2-1-4-11(15)8-9-18/h1-7H,8-10,18H2. The summed E-state index contributed by atoms with van der Waals surface area (Å²) in [5.41, 5.74) is 7.48. The van der Waals surface area contributed by atoms with Crippen LogP contribution in [0.3, 0.4) is 0 Å². The van der Waals surface area contributed by atoms with Gasteiger partial charge in [-0.25, -0.2) is 0 Å². The van der Waals surface area contributed by atoms with Crippen LogP contribution in [-0.2, 0) is 13.0 Å². The third-order valence-corrected chi connectivity index (χ3v) is 3.53. The van der Waals surface area contributed by atoms with E-state index in [0.717, 1.165) is 23.3 Å². The van der Waals surface area contributed by atoms with E-state index in [1.54, 1.807) is 12.1 Å². The van der Waals surface area contributed by atoms with E-state index in [-0.39, 0.29) is 0 Å². The fraction of sp³-hybridized carbons (Fsp3) is 0.200. The van der Waals surface area contributed by atoms with Gasteiger partial charge in [0.1, 0.15) is 12.4 Å². The van der Waals surface area contributed by atoms with E-state index in [1.165, 1.54) is 0 Å². The summed E-state index contributed by atoms with van der Waals surface area (Å²) >= 11 is 12.2. The maximum Gasteiger partial charge on any atom is 0.123 e. The van der Waals surface area contributed by atoms with Gasteiger partial charge in [0.2, 0.25) is 0 Å². The lowest BCUT2D eigenvalue weighted by Crippen LogP contribution is -2.05. The SMILES string of the molecule is NCCc1ccccc1OCc1c(Cl)cccc1Cl. The molecule has 0 saturated carbocycles. The maximum atomic E-state index is 6.11. The van der Waals surface area contributed by atoms with Crippen LogP contribution in [-0.4, -0.2) is 6.54 Å². The molecule has 100 valence electrons. The number of nitrogens with two attached hydrogens (primary N) is 1. The summed E-state index contributed by atoms with van der Waals surface area (Å²) in [6.45, 7) is 0.938. The minimum Gasteiger partial charge on any atom is -0.489 e. The van der Waals surface area contributed by atoms with Crippen molar-refractivity contribution in [2.75, 3.05) is 6.54 Å². The van der Waals surface area contributed by atoms with Crippen LogP contribution in [0.2, 0.25) is 10.0 Å². The smallest absolute Gasteiger partial charge is 0.123 e. The summed E-state index contributed by atoms with van der Waals surface area (Å²) < 4.78 is 5.81. The lowest BCUT2D eigenvalue weighted by molar-refractivity contribution is 0.303. The molecule has 2 aromatic carbocycles. The lowest BCUT2D eigenvalue weighted by atomic mass is 10.1. The normalized spacial score (nSPS) is 10.5. The first-order valence-corrected chi connectivity index (χ1v) is 6.81. The van der Waals surface area contributed by atoms with Crippen LogP contribution in [0.5, 0.6) is 5.75 Å². The number of ether oxygens (including phenoxy) is 1. The molecule has 0 heterocycles. The fourth-order valence-corrected chi connectivity index (χ4v) is 2.33. The van der Waals surface area contributed by atoms with Gasteiger partial charge in [0, 0.05) is 15.6 Å². The van der Waals surface area contributed by atoms with E-state index < -0.39 is 0 Å². The topological polar surface area (TPSA) is 35.2 Å². The van der Waals surface area contributed by atoms with Crippen molar-refractivity contribution in [2.24, 2.45) is 5.73 Å². The molecular formula is C15H15Cl2NO. The molecule has 0 saturated heterocycles. The average Bonchev–Trinajstić information content (AvgIpc) is 2.40. The van der Waals surface area contributed by atoms with Crippen LogP contribution in [0, 0.1) is 0 Å². The van der Waals surface area contributed by atoms with Gasteiger partial charge in [-0.05, 0) is 36.7 Å². The zero-order valence-electron chi connectivity index (χ0n) is 10.4. The quantitative estimate of drug-likeness (QED) is 0.902. The highest BCUT2D eigenvalue weighted by Gasteiger charge is 2.08. The Morgan fingerprint density at radius 2 is 1.63 bits per heavy atom. The van der Waals surface area contributed by atoms with Crippen LogP contribution >= 0.6 is 23.2 Å². The zero-order valence-corrected chi connectivity index (χ0v) is 11.9.